The number of nitrogens with one attached hydrogen (secondary N) is 1. The van der Waals surface area contributed by atoms with E-state index in [0.717, 1.165) is 28.8 Å². The van der Waals surface area contributed by atoms with Gasteiger partial charge in [-0.25, -0.2) is 12.6 Å². The molecular formula is C26H26ClN11O12S3. The van der Waals surface area contributed by atoms with Gasteiger partial charge < -0.3 is 21.9 Å². The lowest BCUT2D eigenvalue weighted by Gasteiger charge is -2.14. The van der Waals surface area contributed by atoms with Crippen LogP contribution in [0.1, 0.15) is 22.8 Å². The van der Waals surface area contributed by atoms with Gasteiger partial charge in [-0.1, -0.05) is 0 Å². The Morgan fingerprint density at radius 2 is 1.57 bits per heavy atom. The highest BCUT2D eigenvalue weighted by molar-refractivity contribution is 7.91. The maximum atomic E-state index is 13.2. The van der Waals surface area contributed by atoms with Crippen molar-refractivity contribution in [3.05, 3.63) is 63.2 Å². The number of azo groups is 2. The average Bonchev–Trinajstić information content (AvgIpc) is 3.03. The molecule has 4 rings (SSSR count). The number of carbonyl (C=O) groups is 1. The van der Waals surface area contributed by atoms with Gasteiger partial charge in [0.05, 0.1) is 33.5 Å². The van der Waals surface area contributed by atoms with E-state index in [0.29, 0.717) is 0 Å². The summed E-state index contributed by atoms with van der Waals surface area (Å²) in [6, 6.07) is 6.17. The van der Waals surface area contributed by atoms with Crippen LogP contribution in [0, 0.1) is 6.92 Å². The predicted octanol–water partition coefficient (Wildman–Crippen LogP) is 2.82. The van der Waals surface area contributed by atoms with Gasteiger partial charge >= 0.3 is 10.4 Å². The Morgan fingerprint density at radius 3 is 2.09 bits per heavy atom. The van der Waals surface area contributed by atoms with Crippen molar-refractivity contribution < 1.29 is 48.4 Å². The van der Waals surface area contributed by atoms with E-state index in [2.05, 4.69) is 44.9 Å². The minimum absolute atomic E-state index is 0.0178. The van der Waals surface area contributed by atoms with Crippen LogP contribution in [0.2, 0.25) is 5.28 Å². The number of carbonyl (C=O) groups excluding carboxylic acids is 1. The van der Waals surface area contributed by atoms with Crippen molar-refractivity contribution in [2.75, 3.05) is 23.4 Å². The minimum Gasteiger partial charge on any atom is -0.494 e. The molecule has 4 aromatic rings. The molecule has 0 saturated carbocycles. The van der Waals surface area contributed by atoms with Gasteiger partial charge in [-0.2, -0.15) is 36.9 Å². The zero-order chi connectivity index (χ0) is 39.5. The van der Waals surface area contributed by atoms with Gasteiger partial charge in [0, 0.05) is 12.1 Å². The molecule has 0 radical (unpaired) electrons. The maximum Gasteiger partial charge on any atom is 0.397 e. The molecule has 27 heteroatoms. The number of hydrogen-bond acceptors (Lipinski definition) is 19. The van der Waals surface area contributed by atoms with Crippen molar-refractivity contribution in [1.29, 1.82) is 0 Å². The van der Waals surface area contributed by atoms with Crippen molar-refractivity contribution in [3.63, 3.8) is 0 Å². The highest BCUT2D eigenvalue weighted by atomic mass is 35.5. The molecule has 0 aliphatic carbocycles. The molecule has 53 heavy (non-hydrogen) atoms. The molecule has 2 heterocycles. The van der Waals surface area contributed by atoms with Crippen molar-refractivity contribution in [2.24, 2.45) is 26.2 Å². The number of rotatable bonds is 14. The molecule has 0 aliphatic heterocycles. The first-order chi connectivity index (χ1) is 24.6. The number of halogens is 1. The number of sulfone groups is 1. The number of amides is 1. The van der Waals surface area contributed by atoms with Crippen LogP contribution in [0.15, 0.2) is 71.4 Å². The van der Waals surface area contributed by atoms with Crippen LogP contribution < -0.4 is 22.3 Å². The third-order valence-corrected chi connectivity index (χ3v) is 9.92. The van der Waals surface area contributed by atoms with Gasteiger partial charge in [0.1, 0.15) is 16.9 Å². The summed E-state index contributed by atoms with van der Waals surface area (Å²) >= 11 is 5.91. The fourth-order valence-corrected chi connectivity index (χ4v) is 6.55. The van der Waals surface area contributed by atoms with Crippen LogP contribution in [0.4, 0.5) is 40.3 Å². The molecule has 2 aromatic heterocycles. The highest BCUT2D eigenvalue weighted by Crippen LogP contribution is 2.41. The second-order valence-electron chi connectivity index (χ2n) is 10.3. The Labute approximate surface area is 304 Å². The van der Waals surface area contributed by atoms with E-state index in [1.807, 2.05) is 0 Å². The first-order valence-electron chi connectivity index (χ1n) is 14.2. The van der Waals surface area contributed by atoms with Crippen LogP contribution in [-0.2, 0) is 41.1 Å². The average molecular weight is 816 g/mol. The second-order valence-corrected chi connectivity index (χ2v) is 15.2. The van der Waals surface area contributed by atoms with Crippen LogP contribution in [0.25, 0.3) is 0 Å². The summed E-state index contributed by atoms with van der Waals surface area (Å²) in [6.07, 6.45) is 0. The van der Waals surface area contributed by atoms with Gasteiger partial charge in [0.25, 0.3) is 21.6 Å². The van der Waals surface area contributed by atoms with Gasteiger partial charge in [0.15, 0.2) is 15.5 Å². The van der Waals surface area contributed by atoms with E-state index >= 15 is 0 Å². The lowest BCUT2D eigenvalue weighted by Crippen LogP contribution is -2.25. The molecule has 0 fully saturated rings. The minimum atomic E-state index is -5.01. The summed E-state index contributed by atoms with van der Waals surface area (Å²) in [4.78, 5) is 35.6. The first kappa shape index (κ1) is 40.3. The van der Waals surface area contributed by atoms with E-state index in [1.54, 1.807) is 0 Å². The number of primary amides is 1. The smallest absolute Gasteiger partial charge is 0.397 e. The summed E-state index contributed by atoms with van der Waals surface area (Å²) in [5.41, 5.74) is 7.89. The summed E-state index contributed by atoms with van der Waals surface area (Å²) in [6.45, 7) is 1.74. The van der Waals surface area contributed by atoms with Gasteiger partial charge in [-0.3, -0.25) is 23.3 Å². The molecule has 8 N–H and O–H groups in total. The summed E-state index contributed by atoms with van der Waals surface area (Å²) in [7, 11) is -14.0. The highest BCUT2D eigenvalue weighted by Gasteiger charge is 2.24. The molecule has 282 valence electrons. The first-order valence-corrected chi connectivity index (χ1v) is 19.1. The van der Waals surface area contributed by atoms with Crippen LogP contribution in [-0.4, -0.2) is 77.3 Å². The topological polar surface area (TPSA) is 364 Å². The van der Waals surface area contributed by atoms with Gasteiger partial charge in [0.2, 0.25) is 23.1 Å². The Balaban J connectivity index is 1.89. The lowest BCUT2D eigenvalue weighted by molar-refractivity contribution is 0.0995. The number of nitrogens with two attached hydrogens (primary N) is 2. The van der Waals surface area contributed by atoms with E-state index in [9.17, 15) is 44.5 Å². The zero-order valence-electron chi connectivity index (χ0n) is 26.9. The molecule has 0 spiro atoms. The van der Waals surface area contributed by atoms with Crippen LogP contribution in [0.3, 0.4) is 0 Å². The molecule has 0 unspecified atom stereocenters. The summed E-state index contributed by atoms with van der Waals surface area (Å²) in [5.74, 6) is -3.33. The second kappa shape index (κ2) is 15.6. The third-order valence-electron chi connectivity index (χ3n) is 6.76. The third kappa shape index (κ3) is 9.88. The largest absolute Gasteiger partial charge is 0.494 e. The SMILES string of the molecule is CCn1c(O)c(C(N)=O)c(C)c(N=Nc2cc(S(=O)(=O)O)cc(N=Nc3ccc(S(=O)(=O)CCOS(=O)(=O)O)cc3)c2Nc2nc(N)nc(Cl)n2)c1=O. The molecule has 0 atom stereocenters. The quantitative estimate of drug-likeness (QED) is 0.0787. The standard InChI is InChI=1S/C26H26ClN11O12S3/c1-3-38-22(40)18(21(28)39)12(2)19(23(38)41)37-36-17-11-15(52(44,45)46)10-16(20(17)30-26-32-24(27)31-25(29)33-26)35-34-13-4-6-14(7-5-13)51(42,43)9-8-50-53(47,48)49/h4-7,10-11,40H,3,8-9H2,1-2H3,(H2,28,39)(H,44,45,46)(H,47,48,49)(H3,29,30,31,32,33). The Kier molecular flexibility index (Phi) is 11.9. The fourth-order valence-electron chi connectivity index (χ4n) is 4.37. The number of anilines is 3. The maximum absolute atomic E-state index is 13.2. The van der Waals surface area contributed by atoms with E-state index in [-0.39, 0.29) is 45.6 Å². The predicted molar refractivity (Wildman–Crippen MR) is 184 cm³/mol. The fraction of sp³-hybridized carbons (Fsp3) is 0.192. The number of nitrogens with zero attached hydrogens (tertiary/aromatic N) is 8. The van der Waals surface area contributed by atoms with Crippen molar-refractivity contribution in [1.82, 2.24) is 19.5 Å². The number of pyridine rings is 1. The van der Waals surface area contributed by atoms with Gasteiger partial charge in [-0.15, -0.1) is 15.3 Å². The Morgan fingerprint density at radius 1 is 0.962 bits per heavy atom. The lowest BCUT2D eigenvalue weighted by atomic mass is 10.1. The summed E-state index contributed by atoms with van der Waals surface area (Å²) in [5, 5.41) is 28.7. The molecule has 2 aromatic carbocycles. The number of hydrogen-bond donors (Lipinski definition) is 6. The Bertz CT molecular complexity index is 2540. The van der Waals surface area contributed by atoms with Crippen LogP contribution >= 0.6 is 11.6 Å². The monoisotopic (exact) mass is 815 g/mol. The van der Waals surface area contributed by atoms with Gasteiger partial charge in [-0.05, 0) is 61.8 Å². The molecule has 1 amide bonds. The van der Waals surface area contributed by atoms with Crippen molar-refractivity contribution in [2.45, 2.75) is 30.2 Å². The molecule has 0 saturated heterocycles. The molecule has 0 aliphatic rings. The van der Waals surface area contributed by atoms with E-state index < -0.39 is 87.6 Å². The van der Waals surface area contributed by atoms with E-state index in [1.165, 1.54) is 26.0 Å². The molecular weight excluding hydrogens is 790 g/mol. The van der Waals surface area contributed by atoms with Crippen molar-refractivity contribution in [3.8, 4) is 5.88 Å². The van der Waals surface area contributed by atoms with Crippen molar-refractivity contribution >= 4 is 88.2 Å². The zero-order valence-corrected chi connectivity index (χ0v) is 30.1. The number of aromatic hydroxyl groups is 1. The Hall–Kier alpha value is -5.51. The number of benzene rings is 2. The molecule has 23 nitrogen and oxygen atoms in total. The number of nitrogen functional groups attached to an aromatic ring is 1. The van der Waals surface area contributed by atoms with Crippen LogP contribution in [0.5, 0.6) is 5.88 Å². The number of aromatic nitrogens is 4. The van der Waals surface area contributed by atoms with E-state index in [4.69, 9.17) is 27.6 Å². The summed E-state index contributed by atoms with van der Waals surface area (Å²) < 4.78 is 94.7. The molecule has 0 bridgehead atoms. The normalized spacial score (nSPS) is 12.5.